The van der Waals surface area contributed by atoms with E-state index < -0.39 is 20.6 Å². The SMILES string of the molecule is CC#CCOc1ccc(S(=O)(=O)C2(C(=O)O)CCN(Cc3ccc(OC)cc3)CC2)cc1. The van der Waals surface area contributed by atoms with Gasteiger partial charge in [0, 0.05) is 19.6 Å². The van der Waals surface area contributed by atoms with Crippen LogP contribution >= 0.6 is 0 Å². The first kappa shape index (κ1) is 23.6. The first-order valence-electron chi connectivity index (χ1n) is 10.3. The van der Waals surface area contributed by atoms with Gasteiger partial charge in [-0.2, -0.15) is 0 Å². The highest BCUT2D eigenvalue weighted by Gasteiger charge is 2.53. The summed E-state index contributed by atoms with van der Waals surface area (Å²) < 4.78 is 35.5. The second-order valence-corrected chi connectivity index (χ2v) is 9.87. The molecular formula is C24H27NO6S. The highest BCUT2D eigenvalue weighted by atomic mass is 32.2. The fourth-order valence-electron chi connectivity index (χ4n) is 3.79. The van der Waals surface area contributed by atoms with Crippen molar-refractivity contribution in [1.82, 2.24) is 4.90 Å². The number of carboxylic acids is 1. The summed E-state index contributed by atoms with van der Waals surface area (Å²) in [5.41, 5.74) is 1.06. The molecule has 0 aliphatic carbocycles. The van der Waals surface area contributed by atoms with E-state index in [0.29, 0.717) is 25.4 Å². The van der Waals surface area contributed by atoms with Gasteiger partial charge in [-0.15, -0.1) is 5.92 Å². The number of benzene rings is 2. The Labute approximate surface area is 188 Å². The Morgan fingerprint density at radius 2 is 1.66 bits per heavy atom. The van der Waals surface area contributed by atoms with E-state index in [1.165, 1.54) is 24.3 Å². The molecule has 3 rings (SSSR count). The van der Waals surface area contributed by atoms with Crippen molar-refractivity contribution in [3.63, 3.8) is 0 Å². The first-order valence-corrected chi connectivity index (χ1v) is 11.8. The van der Waals surface area contributed by atoms with E-state index in [-0.39, 0.29) is 24.3 Å². The van der Waals surface area contributed by atoms with Gasteiger partial charge in [0.25, 0.3) is 0 Å². The summed E-state index contributed by atoms with van der Waals surface area (Å²) in [6.07, 6.45) is 0.0380. The number of hydrogen-bond acceptors (Lipinski definition) is 6. The molecule has 0 unspecified atom stereocenters. The van der Waals surface area contributed by atoms with Gasteiger partial charge in [-0.05, 0) is 61.7 Å². The average molecular weight is 458 g/mol. The third kappa shape index (κ3) is 4.90. The molecule has 170 valence electrons. The molecule has 7 nitrogen and oxygen atoms in total. The summed E-state index contributed by atoms with van der Waals surface area (Å²) in [6, 6.07) is 13.5. The Balaban J connectivity index is 1.73. The van der Waals surface area contributed by atoms with Crippen LogP contribution in [-0.2, 0) is 21.2 Å². The zero-order valence-electron chi connectivity index (χ0n) is 18.2. The molecule has 0 radical (unpaired) electrons. The summed E-state index contributed by atoms with van der Waals surface area (Å²) >= 11 is 0. The molecular weight excluding hydrogens is 430 g/mol. The third-order valence-electron chi connectivity index (χ3n) is 5.75. The van der Waals surface area contributed by atoms with Gasteiger partial charge in [0.1, 0.15) is 18.1 Å². The predicted molar refractivity (Wildman–Crippen MR) is 120 cm³/mol. The molecule has 1 saturated heterocycles. The minimum Gasteiger partial charge on any atom is -0.497 e. The monoisotopic (exact) mass is 457 g/mol. The second kappa shape index (κ2) is 10.1. The average Bonchev–Trinajstić information content (AvgIpc) is 2.80. The van der Waals surface area contributed by atoms with Gasteiger partial charge in [-0.1, -0.05) is 18.1 Å². The van der Waals surface area contributed by atoms with Crippen LogP contribution in [0.4, 0.5) is 0 Å². The van der Waals surface area contributed by atoms with Crippen molar-refractivity contribution in [3.05, 3.63) is 54.1 Å². The van der Waals surface area contributed by atoms with Crippen LogP contribution in [0.5, 0.6) is 11.5 Å². The number of likely N-dealkylation sites (tertiary alicyclic amines) is 1. The van der Waals surface area contributed by atoms with Crippen molar-refractivity contribution in [1.29, 1.82) is 0 Å². The Hall–Kier alpha value is -3.02. The van der Waals surface area contributed by atoms with Crippen LogP contribution in [0.2, 0.25) is 0 Å². The fraction of sp³-hybridized carbons (Fsp3) is 0.375. The van der Waals surface area contributed by atoms with Crippen LogP contribution in [0.1, 0.15) is 25.3 Å². The maximum Gasteiger partial charge on any atom is 0.325 e. The Bertz CT molecular complexity index is 1090. The van der Waals surface area contributed by atoms with Gasteiger partial charge >= 0.3 is 5.97 Å². The molecule has 32 heavy (non-hydrogen) atoms. The molecule has 8 heteroatoms. The molecule has 0 amide bonds. The molecule has 1 N–H and O–H groups in total. The minimum absolute atomic E-state index is 0.0163. The third-order valence-corrected chi connectivity index (χ3v) is 8.26. The van der Waals surface area contributed by atoms with Crippen LogP contribution in [0.15, 0.2) is 53.4 Å². The van der Waals surface area contributed by atoms with E-state index in [4.69, 9.17) is 9.47 Å². The predicted octanol–water partition coefficient (Wildman–Crippen LogP) is 2.99. The maximum absolute atomic E-state index is 13.4. The number of nitrogens with zero attached hydrogens (tertiary/aromatic N) is 1. The van der Waals surface area contributed by atoms with E-state index >= 15 is 0 Å². The van der Waals surface area contributed by atoms with Gasteiger partial charge < -0.3 is 14.6 Å². The van der Waals surface area contributed by atoms with Crippen molar-refractivity contribution in [3.8, 4) is 23.3 Å². The molecule has 1 fully saturated rings. The van der Waals surface area contributed by atoms with Gasteiger partial charge in [-0.25, -0.2) is 8.42 Å². The molecule has 0 saturated carbocycles. The fourth-order valence-corrected chi connectivity index (χ4v) is 5.69. The number of sulfone groups is 1. The summed E-state index contributed by atoms with van der Waals surface area (Å²) in [7, 11) is -2.49. The molecule has 2 aromatic rings. The zero-order chi connectivity index (χ0) is 23.2. The smallest absolute Gasteiger partial charge is 0.325 e. The molecule has 0 spiro atoms. The van der Waals surface area contributed by atoms with Gasteiger partial charge in [0.15, 0.2) is 14.6 Å². The molecule has 1 aliphatic heterocycles. The number of carboxylic acid groups (broad SMARTS) is 1. The van der Waals surface area contributed by atoms with E-state index in [2.05, 4.69) is 16.7 Å². The van der Waals surface area contributed by atoms with Gasteiger partial charge in [0.05, 0.1) is 12.0 Å². The number of hydrogen-bond donors (Lipinski definition) is 1. The van der Waals surface area contributed by atoms with Crippen molar-refractivity contribution >= 4 is 15.8 Å². The van der Waals surface area contributed by atoms with Crippen LogP contribution in [-0.4, -0.2) is 55.9 Å². The summed E-state index contributed by atoms with van der Waals surface area (Å²) in [6.45, 7) is 3.26. The molecule has 0 bridgehead atoms. The van der Waals surface area contributed by atoms with E-state index in [0.717, 1.165) is 11.3 Å². The van der Waals surface area contributed by atoms with E-state index in [1.54, 1.807) is 14.0 Å². The Morgan fingerprint density at radius 3 is 2.19 bits per heavy atom. The summed E-state index contributed by atoms with van der Waals surface area (Å²) in [4.78, 5) is 14.3. The quantitative estimate of drug-likeness (QED) is 0.609. The molecule has 1 heterocycles. The zero-order valence-corrected chi connectivity index (χ0v) is 19.0. The van der Waals surface area contributed by atoms with Crippen LogP contribution in [0.3, 0.4) is 0 Å². The number of rotatable bonds is 8. The molecule has 1 aliphatic rings. The minimum atomic E-state index is -4.10. The lowest BCUT2D eigenvalue weighted by Gasteiger charge is -2.38. The van der Waals surface area contributed by atoms with Crippen molar-refractivity contribution < 1.29 is 27.8 Å². The van der Waals surface area contributed by atoms with E-state index in [1.807, 2.05) is 24.3 Å². The Morgan fingerprint density at radius 1 is 1.06 bits per heavy atom. The first-order chi connectivity index (χ1) is 15.3. The second-order valence-electron chi connectivity index (χ2n) is 7.61. The Kier molecular flexibility index (Phi) is 7.44. The maximum atomic E-state index is 13.4. The molecule has 0 aromatic heterocycles. The lowest BCUT2D eigenvalue weighted by Crippen LogP contribution is -2.54. The number of methoxy groups -OCH3 is 1. The van der Waals surface area contributed by atoms with Crippen molar-refractivity contribution in [2.45, 2.75) is 36.0 Å². The lowest BCUT2D eigenvalue weighted by atomic mass is 9.95. The number of carbonyl (C=O) groups is 1. The van der Waals surface area contributed by atoms with Gasteiger partial charge in [-0.3, -0.25) is 9.69 Å². The number of aliphatic carboxylic acids is 1. The largest absolute Gasteiger partial charge is 0.497 e. The number of piperidine rings is 1. The van der Waals surface area contributed by atoms with Gasteiger partial charge in [0.2, 0.25) is 0 Å². The van der Waals surface area contributed by atoms with Crippen molar-refractivity contribution in [2.75, 3.05) is 26.8 Å². The van der Waals surface area contributed by atoms with Crippen molar-refractivity contribution in [2.24, 2.45) is 0 Å². The highest BCUT2D eigenvalue weighted by Crippen LogP contribution is 2.37. The van der Waals surface area contributed by atoms with Crippen LogP contribution in [0, 0.1) is 11.8 Å². The topological polar surface area (TPSA) is 93.1 Å². The lowest BCUT2D eigenvalue weighted by molar-refractivity contribution is -0.141. The molecule has 2 aromatic carbocycles. The molecule has 0 atom stereocenters. The standard InChI is InChI=1S/C24H27NO6S/c1-3-4-17-31-21-9-11-22(12-10-21)32(28,29)24(23(26)27)13-15-25(16-14-24)18-19-5-7-20(30-2)8-6-19/h5-12H,13-18H2,1-2H3,(H,26,27). The highest BCUT2D eigenvalue weighted by molar-refractivity contribution is 7.93. The van der Waals surface area contributed by atoms with Crippen LogP contribution < -0.4 is 9.47 Å². The normalized spacial score (nSPS) is 15.9. The van der Waals surface area contributed by atoms with Crippen LogP contribution in [0.25, 0.3) is 0 Å². The number of ether oxygens (including phenoxy) is 2. The summed E-state index contributed by atoms with van der Waals surface area (Å²) in [5.74, 6) is 5.41. The summed E-state index contributed by atoms with van der Waals surface area (Å²) in [5, 5.41) is 9.97. The van der Waals surface area contributed by atoms with E-state index in [9.17, 15) is 18.3 Å².